The van der Waals surface area contributed by atoms with Crippen molar-refractivity contribution in [1.82, 2.24) is 0 Å². The van der Waals surface area contributed by atoms with Crippen molar-refractivity contribution in [2.45, 2.75) is 0 Å². The molecule has 0 aromatic heterocycles. The van der Waals surface area contributed by atoms with Crippen molar-refractivity contribution in [3.63, 3.8) is 0 Å². The molecule has 0 saturated carbocycles. The Morgan fingerprint density at radius 1 is 1.46 bits per heavy atom. The first-order valence-corrected chi connectivity index (χ1v) is 4.61. The molecule has 0 bridgehead atoms. The van der Waals surface area contributed by atoms with E-state index in [2.05, 4.69) is 21.2 Å². The highest BCUT2D eigenvalue weighted by Gasteiger charge is 2.03. The highest BCUT2D eigenvalue weighted by molar-refractivity contribution is 9.10. The molecule has 3 nitrogen and oxygen atoms in total. The second-order valence-corrected chi connectivity index (χ2v) is 3.73. The van der Waals surface area contributed by atoms with Crippen molar-refractivity contribution in [3.05, 3.63) is 22.7 Å². The molecule has 0 aliphatic heterocycles. The maximum atomic E-state index is 10.3. The number of nitrogens with one attached hydrogen (secondary N) is 1. The van der Waals surface area contributed by atoms with E-state index in [4.69, 9.17) is 0 Å². The van der Waals surface area contributed by atoms with Gasteiger partial charge in [0.25, 0.3) is 0 Å². The van der Waals surface area contributed by atoms with Crippen molar-refractivity contribution in [2.75, 3.05) is 24.3 Å². The number of hydrogen-bond acceptors (Lipinski definition) is 2. The number of halogens is 1. The van der Waals surface area contributed by atoms with Crippen molar-refractivity contribution < 1.29 is 4.79 Å². The zero-order chi connectivity index (χ0) is 9.84. The summed E-state index contributed by atoms with van der Waals surface area (Å²) in [6.45, 7) is 0. The van der Waals surface area contributed by atoms with E-state index in [0.29, 0.717) is 6.41 Å². The maximum absolute atomic E-state index is 10.3. The summed E-state index contributed by atoms with van der Waals surface area (Å²) in [6.07, 6.45) is 0.675. The van der Waals surface area contributed by atoms with Gasteiger partial charge in [-0.15, -0.1) is 0 Å². The fourth-order valence-electron chi connectivity index (χ4n) is 1.08. The molecule has 13 heavy (non-hydrogen) atoms. The molecular formula is C9H11BrN2O. The van der Waals surface area contributed by atoms with E-state index in [1.807, 2.05) is 37.2 Å². The Labute approximate surface area is 85.9 Å². The average molecular weight is 243 g/mol. The average Bonchev–Trinajstić information content (AvgIpc) is 2.04. The van der Waals surface area contributed by atoms with Crippen LogP contribution in [0.5, 0.6) is 0 Å². The van der Waals surface area contributed by atoms with Crippen LogP contribution in [-0.2, 0) is 4.79 Å². The lowest BCUT2D eigenvalue weighted by Crippen LogP contribution is -2.11. The van der Waals surface area contributed by atoms with Gasteiger partial charge < -0.3 is 10.2 Å². The zero-order valence-electron chi connectivity index (χ0n) is 7.54. The molecule has 0 radical (unpaired) electrons. The van der Waals surface area contributed by atoms with Crippen LogP contribution < -0.4 is 10.2 Å². The Bertz CT molecular complexity index is 312. The fourth-order valence-corrected chi connectivity index (χ4v) is 1.44. The Morgan fingerprint density at radius 2 is 2.15 bits per heavy atom. The van der Waals surface area contributed by atoms with E-state index < -0.39 is 0 Å². The monoisotopic (exact) mass is 242 g/mol. The third-order valence-electron chi connectivity index (χ3n) is 1.65. The van der Waals surface area contributed by atoms with Gasteiger partial charge in [0.05, 0.1) is 11.4 Å². The topological polar surface area (TPSA) is 32.3 Å². The number of hydrogen-bond donors (Lipinski definition) is 1. The molecule has 0 spiro atoms. The van der Waals surface area contributed by atoms with Gasteiger partial charge in [0.1, 0.15) is 0 Å². The van der Waals surface area contributed by atoms with Crippen molar-refractivity contribution >= 4 is 33.7 Å². The van der Waals surface area contributed by atoms with Gasteiger partial charge in [0.2, 0.25) is 6.41 Å². The molecule has 4 heteroatoms. The van der Waals surface area contributed by atoms with Crippen molar-refractivity contribution in [1.29, 1.82) is 0 Å². The Morgan fingerprint density at radius 3 is 2.69 bits per heavy atom. The molecule has 0 atom stereocenters. The van der Waals surface area contributed by atoms with Gasteiger partial charge in [-0.1, -0.05) is 15.9 Å². The van der Waals surface area contributed by atoms with Crippen LogP contribution in [0.1, 0.15) is 0 Å². The standard InChI is InChI=1S/C9H11BrN2O/c1-12(2)9-4-3-7(10)5-8(9)11-6-13/h3-6H,1-2H3,(H,11,13). The van der Waals surface area contributed by atoms with Crippen LogP contribution in [0.2, 0.25) is 0 Å². The molecule has 1 amide bonds. The number of carbonyl (C=O) groups excluding carboxylic acids is 1. The molecular weight excluding hydrogens is 232 g/mol. The molecule has 0 aliphatic rings. The Hall–Kier alpha value is -1.03. The Balaban J connectivity index is 3.10. The first-order valence-electron chi connectivity index (χ1n) is 3.82. The van der Waals surface area contributed by atoms with Crippen LogP contribution in [0.25, 0.3) is 0 Å². The summed E-state index contributed by atoms with van der Waals surface area (Å²) >= 11 is 3.34. The highest BCUT2D eigenvalue weighted by Crippen LogP contribution is 2.27. The van der Waals surface area contributed by atoms with Gasteiger partial charge in [-0.25, -0.2) is 0 Å². The molecule has 0 saturated heterocycles. The maximum Gasteiger partial charge on any atom is 0.211 e. The van der Waals surface area contributed by atoms with E-state index in [1.165, 1.54) is 0 Å². The normalized spacial score (nSPS) is 9.46. The summed E-state index contributed by atoms with van der Waals surface area (Å²) in [5.74, 6) is 0. The first kappa shape index (κ1) is 10.1. The minimum Gasteiger partial charge on any atom is -0.376 e. The minimum atomic E-state index is 0.675. The quantitative estimate of drug-likeness (QED) is 0.824. The van der Waals surface area contributed by atoms with Gasteiger partial charge >= 0.3 is 0 Å². The molecule has 1 aromatic carbocycles. The summed E-state index contributed by atoms with van der Waals surface area (Å²) in [7, 11) is 3.86. The summed E-state index contributed by atoms with van der Waals surface area (Å²) < 4.78 is 0.947. The lowest BCUT2D eigenvalue weighted by Gasteiger charge is -2.16. The van der Waals surface area contributed by atoms with Gasteiger partial charge in [-0.2, -0.15) is 0 Å². The van der Waals surface area contributed by atoms with Crippen LogP contribution in [0.4, 0.5) is 11.4 Å². The Kier molecular flexibility index (Phi) is 3.31. The molecule has 0 unspecified atom stereocenters. The lowest BCUT2D eigenvalue weighted by atomic mass is 10.2. The predicted octanol–water partition coefficient (Wildman–Crippen LogP) is 2.08. The lowest BCUT2D eigenvalue weighted by molar-refractivity contribution is -0.105. The third-order valence-corrected chi connectivity index (χ3v) is 2.15. The van der Waals surface area contributed by atoms with Crippen LogP contribution in [0, 0.1) is 0 Å². The van der Waals surface area contributed by atoms with Gasteiger partial charge in [-0.05, 0) is 18.2 Å². The first-order chi connectivity index (χ1) is 6.15. The second-order valence-electron chi connectivity index (χ2n) is 2.82. The number of benzene rings is 1. The summed E-state index contributed by atoms with van der Waals surface area (Å²) in [5.41, 5.74) is 1.78. The number of rotatable bonds is 3. The van der Waals surface area contributed by atoms with E-state index >= 15 is 0 Å². The van der Waals surface area contributed by atoms with Crippen LogP contribution in [0.15, 0.2) is 22.7 Å². The minimum absolute atomic E-state index is 0.675. The molecule has 70 valence electrons. The van der Waals surface area contributed by atoms with Crippen LogP contribution in [-0.4, -0.2) is 20.5 Å². The fraction of sp³-hybridized carbons (Fsp3) is 0.222. The van der Waals surface area contributed by atoms with Crippen LogP contribution in [0.3, 0.4) is 0 Å². The number of carbonyl (C=O) groups is 1. The van der Waals surface area contributed by atoms with E-state index in [1.54, 1.807) is 0 Å². The van der Waals surface area contributed by atoms with Gasteiger partial charge in [0, 0.05) is 18.6 Å². The summed E-state index contributed by atoms with van der Waals surface area (Å²) in [6, 6.07) is 5.74. The summed E-state index contributed by atoms with van der Waals surface area (Å²) in [5, 5.41) is 2.65. The largest absolute Gasteiger partial charge is 0.376 e. The zero-order valence-corrected chi connectivity index (χ0v) is 9.13. The SMILES string of the molecule is CN(C)c1ccc(Br)cc1NC=O. The molecule has 1 rings (SSSR count). The second kappa shape index (κ2) is 4.28. The number of amides is 1. The molecule has 1 aromatic rings. The molecule has 1 N–H and O–H groups in total. The van der Waals surface area contributed by atoms with Crippen molar-refractivity contribution in [2.24, 2.45) is 0 Å². The molecule has 0 fully saturated rings. The van der Waals surface area contributed by atoms with Gasteiger partial charge in [0.15, 0.2) is 0 Å². The number of anilines is 2. The highest BCUT2D eigenvalue weighted by atomic mass is 79.9. The third kappa shape index (κ3) is 2.45. The van der Waals surface area contributed by atoms with Crippen molar-refractivity contribution in [3.8, 4) is 0 Å². The predicted molar refractivity (Wildman–Crippen MR) is 58.2 cm³/mol. The molecule has 0 aliphatic carbocycles. The van der Waals surface area contributed by atoms with E-state index in [-0.39, 0.29) is 0 Å². The van der Waals surface area contributed by atoms with E-state index in [9.17, 15) is 4.79 Å². The van der Waals surface area contributed by atoms with Gasteiger partial charge in [-0.3, -0.25) is 4.79 Å². The van der Waals surface area contributed by atoms with E-state index in [0.717, 1.165) is 15.8 Å². The number of nitrogens with zero attached hydrogens (tertiary/aromatic N) is 1. The van der Waals surface area contributed by atoms with Crippen LogP contribution >= 0.6 is 15.9 Å². The smallest absolute Gasteiger partial charge is 0.211 e. The molecule has 0 heterocycles. The summed E-state index contributed by atoms with van der Waals surface area (Å²) in [4.78, 5) is 12.3.